The smallest absolute Gasteiger partial charge is 0.160 e. The molecule has 3 atom stereocenters. The second kappa shape index (κ2) is 9.85. The Morgan fingerprint density at radius 1 is 0.902 bits per heavy atom. The Balaban J connectivity index is 1.32. The topological polar surface area (TPSA) is 101 Å². The number of aliphatic hydroxyl groups excluding tert-OH is 1. The van der Waals surface area contributed by atoms with Gasteiger partial charge in [0.2, 0.25) is 0 Å². The fourth-order valence-electron chi connectivity index (χ4n) is 6.65. The molecule has 0 fully saturated rings. The van der Waals surface area contributed by atoms with E-state index in [2.05, 4.69) is 29.3 Å². The summed E-state index contributed by atoms with van der Waals surface area (Å²) >= 11 is 0. The van der Waals surface area contributed by atoms with Gasteiger partial charge in [-0.1, -0.05) is 24.3 Å². The highest BCUT2D eigenvalue weighted by Gasteiger charge is 2.37. The first-order valence-corrected chi connectivity index (χ1v) is 13.8. The number of phenols is 2. The first kappa shape index (κ1) is 25.5. The van der Waals surface area contributed by atoms with Crippen LogP contribution in [0.2, 0.25) is 0 Å². The molecule has 1 aliphatic carbocycles. The Labute approximate surface area is 237 Å². The molecule has 3 N–H and O–H groups in total. The monoisotopic (exact) mass is 549 g/mol. The average molecular weight is 550 g/mol. The van der Waals surface area contributed by atoms with E-state index in [1.807, 2.05) is 18.2 Å². The van der Waals surface area contributed by atoms with Crippen LogP contribution in [-0.2, 0) is 19.3 Å². The Hall–Kier alpha value is -4.49. The third-order valence-electron chi connectivity index (χ3n) is 8.58. The molecule has 2 heterocycles. The average Bonchev–Trinajstić information content (AvgIpc) is 3.45. The van der Waals surface area contributed by atoms with Crippen LogP contribution in [0.5, 0.6) is 28.7 Å². The minimum atomic E-state index is -0.801. The van der Waals surface area contributed by atoms with Gasteiger partial charge < -0.3 is 29.5 Å². The lowest BCUT2D eigenvalue weighted by atomic mass is 9.73. The number of aromatic hydroxyl groups is 2. The minimum Gasteiger partial charge on any atom is -0.508 e. The van der Waals surface area contributed by atoms with Gasteiger partial charge in [-0.05, 0) is 88.2 Å². The van der Waals surface area contributed by atoms with Crippen LogP contribution in [0.15, 0.2) is 65.7 Å². The van der Waals surface area contributed by atoms with Crippen molar-refractivity contribution < 1.29 is 29.5 Å². The van der Waals surface area contributed by atoms with E-state index in [1.54, 1.807) is 31.4 Å². The van der Waals surface area contributed by atoms with E-state index in [0.29, 0.717) is 35.7 Å². The highest BCUT2D eigenvalue weighted by Crippen LogP contribution is 2.52. The molecule has 208 valence electrons. The Bertz CT molecular complexity index is 1810. The quantitative estimate of drug-likeness (QED) is 0.347. The van der Waals surface area contributed by atoms with E-state index < -0.39 is 12.2 Å². The molecular formula is C34H31NO6. The summed E-state index contributed by atoms with van der Waals surface area (Å²) in [5, 5.41) is 34.1. The Kier molecular flexibility index (Phi) is 6.12. The maximum atomic E-state index is 11.3. The first-order chi connectivity index (χ1) is 19.9. The van der Waals surface area contributed by atoms with Crippen LogP contribution < -0.4 is 24.8 Å². The van der Waals surface area contributed by atoms with Gasteiger partial charge in [-0.15, -0.1) is 0 Å². The molecule has 4 aromatic rings. The van der Waals surface area contributed by atoms with Crippen molar-refractivity contribution in [3.05, 3.63) is 99.1 Å². The van der Waals surface area contributed by atoms with Gasteiger partial charge in [-0.2, -0.15) is 0 Å². The van der Waals surface area contributed by atoms with Crippen molar-refractivity contribution in [3.8, 4) is 39.9 Å². The number of hydrogen-bond donors (Lipinski definition) is 3. The van der Waals surface area contributed by atoms with Crippen LogP contribution >= 0.6 is 0 Å². The molecule has 7 heteroatoms. The molecule has 0 amide bonds. The molecule has 3 aliphatic rings. The number of phenolic OH excluding ortho intramolecular Hbond substituents is 2. The molecular weight excluding hydrogens is 518 g/mol. The standard InChI is InChI=1S/C34H31NO6/c1-39-31-14-20(4-8-28(31)37)34-29(38)16-25-26-13-21(12-18-3-7-27-19(11-18)9-10-35-27)24-15-22(36)5-6-23(24)33(26)32(40-2)17-30(25)41-34/h3-9,11,14-15,17,21,29,34,36-38H,10,12-13,16H2,1-2H3. The van der Waals surface area contributed by atoms with Crippen LogP contribution in [-0.4, -0.2) is 42.2 Å². The molecule has 0 saturated carbocycles. The van der Waals surface area contributed by atoms with Crippen molar-refractivity contribution >= 4 is 6.08 Å². The summed E-state index contributed by atoms with van der Waals surface area (Å²) in [6.45, 7) is 0.721. The number of rotatable bonds is 5. The number of aliphatic hydroxyl groups is 1. The van der Waals surface area contributed by atoms with Crippen molar-refractivity contribution in [1.82, 2.24) is 0 Å². The van der Waals surface area contributed by atoms with E-state index in [9.17, 15) is 15.3 Å². The number of fused-ring (bicyclic) bond motifs is 6. The molecule has 0 aromatic heterocycles. The highest BCUT2D eigenvalue weighted by molar-refractivity contribution is 5.83. The third kappa shape index (κ3) is 4.28. The van der Waals surface area contributed by atoms with E-state index >= 15 is 0 Å². The molecule has 7 nitrogen and oxygen atoms in total. The zero-order valence-corrected chi connectivity index (χ0v) is 22.9. The third-order valence-corrected chi connectivity index (χ3v) is 8.58. The summed E-state index contributed by atoms with van der Waals surface area (Å²) in [6.07, 6.45) is 2.63. The van der Waals surface area contributed by atoms with Gasteiger partial charge in [-0.3, -0.25) is 4.99 Å². The lowest BCUT2D eigenvalue weighted by molar-refractivity contribution is 0.0202. The fourth-order valence-corrected chi connectivity index (χ4v) is 6.65. The molecule has 0 radical (unpaired) electrons. The normalized spacial score (nSPS) is 19.9. The van der Waals surface area contributed by atoms with Crippen molar-refractivity contribution in [3.63, 3.8) is 0 Å². The lowest BCUT2D eigenvalue weighted by Crippen LogP contribution is -2.32. The molecule has 2 aliphatic heterocycles. The number of methoxy groups -OCH3 is 2. The van der Waals surface area contributed by atoms with E-state index in [4.69, 9.17) is 14.2 Å². The van der Waals surface area contributed by atoms with Crippen LogP contribution in [0.3, 0.4) is 0 Å². The van der Waals surface area contributed by atoms with Crippen molar-refractivity contribution in [2.75, 3.05) is 20.8 Å². The van der Waals surface area contributed by atoms with Crippen molar-refractivity contribution in [2.24, 2.45) is 4.99 Å². The maximum absolute atomic E-state index is 11.3. The Morgan fingerprint density at radius 2 is 1.76 bits per heavy atom. The van der Waals surface area contributed by atoms with Gasteiger partial charge in [0.1, 0.15) is 23.4 Å². The van der Waals surface area contributed by atoms with Crippen LogP contribution in [0.25, 0.3) is 17.2 Å². The lowest BCUT2D eigenvalue weighted by Gasteiger charge is -2.37. The predicted octanol–water partition coefficient (Wildman–Crippen LogP) is 4.12. The van der Waals surface area contributed by atoms with Gasteiger partial charge in [0.25, 0.3) is 0 Å². The van der Waals surface area contributed by atoms with E-state index in [1.165, 1.54) is 17.9 Å². The molecule has 7 rings (SSSR count). The van der Waals surface area contributed by atoms with Crippen molar-refractivity contribution in [1.29, 1.82) is 0 Å². The SMILES string of the molecule is COc1cc(C2Oc3cc(OC)c4c(c3CC2O)CC(Cc2ccc3c(c2)=CCN=3)c2cc(O)ccc2-4)ccc1O. The van der Waals surface area contributed by atoms with Gasteiger partial charge >= 0.3 is 0 Å². The molecule has 0 saturated heterocycles. The molecule has 3 unspecified atom stereocenters. The van der Waals surface area contributed by atoms with Gasteiger partial charge in [0.05, 0.1) is 32.2 Å². The minimum absolute atomic E-state index is 0.0316. The number of nitrogens with zero attached hydrogens (tertiary/aromatic N) is 1. The van der Waals surface area contributed by atoms with Crippen LogP contribution in [0.4, 0.5) is 0 Å². The van der Waals surface area contributed by atoms with Gasteiger partial charge in [-0.25, -0.2) is 0 Å². The van der Waals surface area contributed by atoms with E-state index in [0.717, 1.165) is 46.1 Å². The fraction of sp³-hybridized carbons (Fsp3) is 0.265. The predicted molar refractivity (Wildman–Crippen MR) is 155 cm³/mol. The highest BCUT2D eigenvalue weighted by atomic mass is 16.5. The largest absolute Gasteiger partial charge is 0.508 e. The maximum Gasteiger partial charge on any atom is 0.160 e. The summed E-state index contributed by atoms with van der Waals surface area (Å²) in [7, 11) is 3.15. The molecule has 0 spiro atoms. The van der Waals surface area contributed by atoms with Crippen molar-refractivity contribution in [2.45, 2.75) is 37.4 Å². The summed E-state index contributed by atoms with van der Waals surface area (Å²) in [5.41, 5.74) is 7.10. The van der Waals surface area contributed by atoms with E-state index in [-0.39, 0.29) is 17.4 Å². The summed E-state index contributed by atoms with van der Waals surface area (Å²) < 4.78 is 17.7. The van der Waals surface area contributed by atoms with Gasteiger partial charge in [0, 0.05) is 23.6 Å². The summed E-state index contributed by atoms with van der Waals surface area (Å²) in [6, 6.07) is 18.9. The zero-order chi connectivity index (χ0) is 28.2. The molecule has 41 heavy (non-hydrogen) atoms. The second-order valence-corrected chi connectivity index (χ2v) is 11.0. The number of ether oxygens (including phenoxy) is 3. The second-order valence-electron chi connectivity index (χ2n) is 11.0. The zero-order valence-electron chi connectivity index (χ0n) is 22.9. The first-order valence-electron chi connectivity index (χ1n) is 13.8. The van der Waals surface area contributed by atoms with Gasteiger partial charge in [0.15, 0.2) is 11.5 Å². The number of hydrogen-bond acceptors (Lipinski definition) is 7. The van der Waals surface area contributed by atoms with Crippen LogP contribution in [0.1, 0.15) is 39.8 Å². The molecule has 0 bridgehead atoms. The summed E-state index contributed by atoms with van der Waals surface area (Å²) in [4.78, 5) is 4.52. The molecule has 4 aromatic carbocycles. The summed E-state index contributed by atoms with van der Waals surface area (Å²) in [5.74, 6) is 2.07. The number of benzene rings is 4. The Morgan fingerprint density at radius 3 is 2.59 bits per heavy atom. The van der Waals surface area contributed by atoms with Crippen LogP contribution in [0, 0.1) is 0 Å².